The highest BCUT2D eigenvalue weighted by Crippen LogP contribution is 2.30. The second-order valence-electron chi connectivity index (χ2n) is 4.54. The molecule has 19 heavy (non-hydrogen) atoms. The van der Waals surface area contributed by atoms with Crippen LogP contribution >= 0.6 is 11.3 Å². The molecule has 5 nitrogen and oxygen atoms in total. The summed E-state index contributed by atoms with van der Waals surface area (Å²) in [5, 5.41) is 7.27. The Morgan fingerprint density at radius 3 is 2.79 bits per heavy atom. The molecule has 2 heterocycles. The van der Waals surface area contributed by atoms with Crippen molar-refractivity contribution in [2.45, 2.75) is 32.9 Å². The molecular formula is C13H16N2O3S. The predicted molar refractivity (Wildman–Crippen MR) is 72.7 cm³/mol. The molecule has 0 aromatic carbocycles. The van der Waals surface area contributed by atoms with E-state index in [1.807, 2.05) is 17.5 Å². The van der Waals surface area contributed by atoms with Crippen LogP contribution in [0.1, 0.15) is 31.7 Å². The molecule has 0 spiro atoms. The van der Waals surface area contributed by atoms with Crippen molar-refractivity contribution in [2.75, 3.05) is 0 Å². The molecule has 1 aromatic heterocycles. The van der Waals surface area contributed by atoms with Crippen LogP contribution in [0.4, 0.5) is 4.79 Å². The van der Waals surface area contributed by atoms with E-state index in [1.165, 1.54) is 11.3 Å². The van der Waals surface area contributed by atoms with Gasteiger partial charge in [-0.2, -0.15) is 0 Å². The fraction of sp³-hybridized carbons (Fsp3) is 0.385. The lowest BCUT2D eigenvalue weighted by Crippen LogP contribution is -2.45. The molecule has 0 fully saturated rings. The summed E-state index contributed by atoms with van der Waals surface area (Å²) in [5.41, 5.74) is 0.989. The SMILES string of the molecule is CC1=C(C(=O)OC(C)C)[C@H](c2cccs2)NC(=O)N1. The average Bonchev–Trinajstić information content (AvgIpc) is 2.79. The minimum Gasteiger partial charge on any atom is -0.459 e. The number of amides is 2. The highest BCUT2D eigenvalue weighted by atomic mass is 32.1. The number of ether oxygens (including phenoxy) is 1. The van der Waals surface area contributed by atoms with Crippen LogP contribution in [0.15, 0.2) is 28.8 Å². The van der Waals surface area contributed by atoms with E-state index in [9.17, 15) is 9.59 Å². The monoisotopic (exact) mass is 280 g/mol. The molecule has 6 heteroatoms. The summed E-state index contributed by atoms with van der Waals surface area (Å²) in [7, 11) is 0. The molecule has 102 valence electrons. The van der Waals surface area contributed by atoms with E-state index >= 15 is 0 Å². The Bertz CT molecular complexity index is 520. The standard InChI is InChI=1S/C13H16N2O3S/c1-7(2)18-12(16)10-8(3)14-13(17)15-11(10)9-5-4-6-19-9/h4-7,11H,1-3H3,(H2,14,15,17)/t11-/m0/s1. The van der Waals surface area contributed by atoms with Crippen LogP contribution in [0.2, 0.25) is 0 Å². The van der Waals surface area contributed by atoms with Crippen molar-refractivity contribution in [3.05, 3.63) is 33.7 Å². The first-order valence-electron chi connectivity index (χ1n) is 6.01. The molecule has 0 aliphatic carbocycles. The van der Waals surface area contributed by atoms with Crippen molar-refractivity contribution in [1.29, 1.82) is 0 Å². The normalized spacial score (nSPS) is 19.2. The molecule has 0 saturated carbocycles. The summed E-state index contributed by atoms with van der Waals surface area (Å²) >= 11 is 1.49. The van der Waals surface area contributed by atoms with Gasteiger partial charge in [-0.05, 0) is 32.2 Å². The fourth-order valence-electron chi connectivity index (χ4n) is 1.91. The molecule has 1 aliphatic heterocycles. The zero-order valence-electron chi connectivity index (χ0n) is 11.0. The number of carbonyl (C=O) groups excluding carboxylic acids is 2. The summed E-state index contributed by atoms with van der Waals surface area (Å²) in [6.45, 7) is 5.29. The number of hydrogen-bond acceptors (Lipinski definition) is 4. The van der Waals surface area contributed by atoms with Gasteiger partial charge >= 0.3 is 12.0 Å². The van der Waals surface area contributed by atoms with Gasteiger partial charge in [0.25, 0.3) is 0 Å². The molecule has 1 aliphatic rings. The first-order valence-corrected chi connectivity index (χ1v) is 6.89. The summed E-state index contributed by atoms with van der Waals surface area (Å²) in [5.74, 6) is -0.404. The lowest BCUT2D eigenvalue weighted by Gasteiger charge is -2.27. The Kier molecular flexibility index (Phi) is 3.90. The van der Waals surface area contributed by atoms with E-state index in [0.29, 0.717) is 11.3 Å². The topological polar surface area (TPSA) is 67.4 Å². The highest BCUT2D eigenvalue weighted by molar-refractivity contribution is 7.10. The van der Waals surface area contributed by atoms with Crippen molar-refractivity contribution in [3.63, 3.8) is 0 Å². The number of esters is 1. The quantitative estimate of drug-likeness (QED) is 0.835. The van der Waals surface area contributed by atoms with Gasteiger partial charge in [-0.15, -0.1) is 11.3 Å². The minimum absolute atomic E-state index is 0.200. The van der Waals surface area contributed by atoms with E-state index in [-0.39, 0.29) is 12.1 Å². The largest absolute Gasteiger partial charge is 0.459 e. The molecule has 0 bridgehead atoms. The van der Waals surface area contributed by atoms with Crippen LogP contribution in [0.25, 0.3) is 0 Å². The summed E-state index contributed by atoms with van der Waals surface area (Å²) in [6.07, 6.45) is -0.200. The highest BCUT2D eigenvalue weighted by Gasteiger charge is 2.32. The molecule has 0 radical (unpaired) electrons. The van der Waals surface area contributed by atoms with Crippen molar-refractivity contribution in [1.82, 2.24) is 10.6 Å². The van der Waals surface area contributed by atoms with Gasteiger partial charge in [0.1, 0.15) is 0 Å². The van der Waals surface area contributed by atoms with Gasteiger partial charge in [-0.25, -0.2) is 9.59 Å². The summed E-state index contributed by atoms with van der Waals surface area (Å²) in [6, 6.07) is 3.02. The number of rotatable bonds is 3. The molecule has 1 aromatic rings. The van der Waals surface area contributed by atoms with E-state index in [2.05, 4.69) is 10.6 Å². The Morgan fingerprint density at radius 2 is 2.21 bits per heavy atom. The second-order valence-corrected chi connectivity index (χ2v) is 5.52. The number of carbonyl (C=O) groups is 2. The van der Waals surface area contributed by atoms with Crippen molar-refractivity contribution < 1.29 is 14.3 Å². The average molecular weight is 280 g/mol. The third kappa shape index (κ3) is 2.96. The fourth-order valence-corrected chi connectivity index (χ4v) is 2.70. The van der Waals surface area contributed by atoms with Crippen molar-refractivity contribution in [2.24, 2.45) is 0 Å². The number of thiophene rings is 1. The predicted octanol–water partition coefficient (Wildman–Crippen LogP) is 2.33. The van der Waals surface area contributed by atoms with Gasteiger partial charge in [0.05, 0.1) is 17.7 Å². The van der Waals surface area contributed by atoms with Gasteiger partial charge in [0.15, 0.2) is 0 Å². The second kappa shape index (κ2) is 5.44. The van der Waals surface area contributed by atoms with Gasteiger partial charge in [0, 0.05) is 10.6 Å². The number of nitrogens with one attached hydrogen (secondary N) is 2. The maximum Gasteiger partial charge on any atom is 0.338 e. The van der Waals surface area contributed by atoms with Crippen LogP contribution in [-0.2, 0) is 9.53 Å². The lowest BCUT2D eigenvalue weighted by molar-refractivity contribution is -0.143. The van der Waals surface area contributed by atoms with Gasteiger partial charge in [-0.3, -0.25) is 0 Å². The Labute approximate surface area is 115 Å². The maximum atomic E-state index is 12.2. The van der Waals surface area contributed by atoms with Crippen molar-refractivity contribution >= 4 is 23.3 Å². The molecule has 0 saturated heterocycles. The zero-order chi connectivity index (χ0) is 14.0. The summed E-state index contributed by atoms with van der Waals surface area (Å²) in [4.78, 5) is 24.6. The molecule has 2 amide bonds. The van der Waals surface area contributed by atoms with Gasteiger partial charge in [0.2, 0.25) is 0 Å². The van der Waals surface area contributed by atoms with Crippen LogP contribution in [0.3, 0.4) is 0 Å². The van der Waals surface area contributed by atoms with Crippen molar-refractivity contribution in [3.8, 4) is 0 Å². The van der Waals surface area contributed by atoms with E-state index in [4.69, 9.17) is 4.74 Å². The molecule has 0 unspecified atom stereocenters. The molecular weight excluding hydrogens is 264 g/mol. The Hall–Kier alpha value is -1.82. The third-order valence-electron chi connectivity index (χ3n) is 2.66. The third-order valence-corrected chi connectivity index (χ3v) is 3.60. The Balaban J connectivity index is 2.36. The number of urea groups is 1. The van der Waals surface area contributed by atoms with Gasteiger partial charge < -0.3 is 15.4 Å². The molecule has 2 N–H and O–H groups in total. The Morgan fingerprint density at radius 1 is 1.47 bits per heavy atom. The molecule has 1 atom stereocenters. The van der Waals surface area contributed by atoms with Crippen LogP contribution in [0, 0.1) is 0 Å². The van der Waals surface area contributed by atoms with Crippen LogP contribution in [-0.4, -0.2) is 18.1 Å². The van der Waals surface area contributed by atoms with E-state index in [1.54, 1.807) is 20.8 Å². The summed E-state index contributed by atoms with van der Waals surface area (Å²) < 4.78 is 5.24. The first kappa shape index (κ1) is 13.6. The number of allylic oxidation sites excluding steroid dienone is 1. The van der Waals surface area contributed by atoms with Gasteiger partial charge in [-0.1, -0.05) is 6.07 Å². The zero-order valence-corrected chi connectivity index (χ0v) is 11.8. The molecule has 2 rings (SSSR count). The smallest absolute Gasteiger partial charge is 0.338 e. The minimum atomic E-state index is -0.444. The van der Waals surface area contributed by atoms with Crippen LogP contribution in [0.5, 0.6) is 0 Å². The van der Waals surface area contributed by atoms with E-state index < -0.39 is 12.0 Å². The maximum absolute atomic E-state index is 12.2. The lowest BCUT2D eigenvalue weighted by atomic mass is 10.0. The van der Waals surface area contributed by atoms with Crippen LogP contribution < -0.4 is 10.6 Å². The first-order chi connectivity index (χ1) is 8.99. The van der Waals surface area contributed by atoms with E-state index in [0.717, 1.165) is 4.88 Å². The number of hydrogen-bond donors (Lipinski definition) is 2.